The van der Waals surface area contributed by atoms with Crippen LogP contribution in [0.15, 0.2) is 22.7 Å². The summed E-state index contributed by atoms with van der Waals surface area (Å²) in [6.07, 6.45) is 3.94. The quantitative estimate of drug-likeness (QED) is 0.871. The van der Waals surface area contributed by atoms with Gasteiger partial charge in [0.25, 0.3) is 0 Å². The topological polar surface area (TPSA) is 15.3 Å². The largest absolute Gasteiger partial charge is 0.370 e. The summed E-state index contributed by atoms with van der Waals surface area (Å²) in [4.78, 5) is 2.48. The van der Waals surface area contributed by atoms with Crippen LogP contribution in [0.3, 0.4) is 0 Å². The number of nitrogens with one attached hydrogen (secondary N) is 1. The van der Waals surface area contributed by atoms with Gasteiger partial charge < -0.3 is 10.2 Å². The summed E-state index contributed by atoms with van der Waals surface area (Å²) in [5, 5.41) is 4.56. The fourth-order valence-electron chi connectivity index (χ4n) is 3.07. The molecule has 1 saturated heterocycles. The van der Waals surface area contributed by atoms with Crippen molar-refractivity contribution in [2.75, 3.05) is 24.5 Å². The molecule has 1 N–H and O–H groups in total. The molecule has 2 aliphatic rings. The highest BCUT2D eigenvalue weighted by Gasteiger charge is 2.43. The molecule has 1 aromatic carbocycles. The first kappa shape index (κ1) is 13.7. The van der Waals surface area contributed by atoms with Gasteiger partial charge in [-0.25, -0.2) is 0 Å². The molecule has 1 aromatic rings. The van der Waals surface area contributed by atoms with Crippen molar-refractivity contribution < 1.29 is 0 Å². The molecule has 1 saturated carbocycles. The monoisotopic (exact) mass is 342 g/mol. The zero-order chi connectivity index (χ0) is 13.5. The smallest absolute Gasteiger partial charge is 0.0568 e. The van der Waals surface area contributed by atoms with E-state index in [4.69, 9.17) is 11.6 Å². The molecule has 2 nitrogen and oxygen atoms in total. The van der Waals surface area contributed by atoms with E-state index in [9.17, 15) is 0 Å². The van der Waals surface area contributed by atoms with Gasteiger partial charge in [0.15, 0.2) is 0 Å². The maximum absolute atomic E-state index is 6.23. The van der Waals surface area contributed by atoms with E-state index in [2.05, 4.69) is 45.2 Å². The van der Waals surface area contributed by atoms with Crippen LogP contribution in [-0.2, 0) is 0 Å². The molecule has 0 amide bonds. The van der Waals surface area contributed by atoms with Crippen molar-refractivity contribution in [3.63, 3.8) is 0 Å². The van der Waals surface area contributed by atoms with Gasteiger partial charge in [-0.15, -0.1) is 0 Å². The van der Waals surface area contributed by atoms with E-state index in [0.717, 1.165) is 35.0 Å². The van der Waals surface area contributed by atoms with Crippen LogP contribution in [0.1, 0.15) is 26.2 Å². The average molecular weight is 344 g/mol. The fraction of sp³-hybridized carbons (Fsp3) is 0.600. The molecule has 1 heterocycles. The molecule has 1 aliphatic carbocycles. The zero-order valence-corrected chi connectivity index (χ0v) is 13.6. The van der Waals surface area contributed by atoms with Gasteiger partial charge >= 0.3 is 0 Å². The predicted octanol–water partition coefficient (Wildman–Crippen LogP) is 4.07. The van der Waals surface area contributed by atoms with Crippen molar-refractivity contribution in [2.24, 2.45) is 5.92 Å². The molecule has 0 bridgehead atoms. The fourth-order valence-corrected chi connectivity index (χ4v) is 3.49. The van der Waals surface area contributed by atoms with Crippen molar-refractivity contribution in [2.45, 2.75) is 31.7 Å². The molecule has 0 spiro atoms. The lowest BCUT2D eigenvalue weighted by molar-refractivity contribution is 0.331. The predicted molar refractivity (Wildman–Crippen MR) is 85.1 cm³/mol. The normalized spacial score (nSPS) is 28.3. The van der Waals surface area contributed by atoms with Gasteiger partial charge in [0.05, 0.1) is 5.02 Å². The maximum atomic E-state index is 6.23. The summed E-state index contributed by atoms with van der Waals surface area (Å²) >= 11 is 9.69. The molecule has 19 heavy (non-hydrogen) atoms. The van der Waals surface area contributed by atoms with Crippen LogP contribution in [0.5, 0.6) is 0 Å². The summed E-state index contributed by atoms with van der Waals surface area (Å²) in [6.45, 7) is 5.68. The van der Waals surface area contributed by atoms with Gasteiger partial charge in [-0.2, -0.15) is 0 Å². The summed E-state index contributed by atoms with van der Waals surface area (Å²) in [7, 11) is 0. The van der Waals surface area contributed by atoms with Crippen molar-refractivity contribution in [1.82, 2.24) is 5.32 Å². The van der Waals surface area contributed by atoms with Gasteiger partial charge in [0, 0.05) is 28.8 Å². The second-order valence-electron chi connectivity index (χ2n) is 5.99. The molecule has 0 aromatic heterocycles. The number of nitrogens with zero attached hydrogens (tertiary/aromatic N) is 1. The third kappa shape index (κ3) is 2.93. The summed E-state index contributed by atoms with van der Waals surface area (Å²) < 4.78 is 0.968. The lowest BCUT2D eigenvalue weighted by Gasteiger charge is -2.35. The summed E-state index contributed by atoms with van der Waals surface area (Å²) in [5.41, 5.74) is 1.50. The van der Waals surface area contributed by atoms with E-state index in [1.165, 1.54) is 24.9 Å². The lowest BCUT2D eigenvalue weighted by Crippen LogP contribution is -2.51. The first-order valence-corrected chi connectivity index (χ1v) is 8.21. The minimum Gasteiger partial charge on any atom is -0.370 e. The van der Waals surface area contributed by atoms with Crippen LogP contribution in [0.4, 0.5) is 5.69 Å². The molecule has 1 aliphatic heterocycles. The second-order valence-corrected chi connectivity index (χ2v) is 7.25. The molecule has 0 radical (unpaired) electrons. The van der Waals surface area contributed by atoms with E-state index in [1.807, 2.05) is 6.07 Å². The molecule has 4 heteroatoms. The Bertz CT molecular complexity index is 475. The Morgan fingerprint density at radius 2 is 2.21 bits per heavy atom. The highest BCUT2D eigenvalue weighted by molar-refractivity contribution is 9.10. The Morgan fingerprint density at radius 3 is 2.89 bits per heavy atom. The highest BCUT2D eigenvalue weighted by Crippen LogP contribution is 2.41. The molecule has 1 unspecified atom stereocenters. The van der Waals surface area contributed by atoms with Crippen LogP contribution in [0.2, 0.25) is 5.02 Å². The van der Waals surface area contributed by atoms with Crippen molar-refractivity contribution in [1.29, 1.82) is 0 Å². The van der Waals surface area contributed by atoms with Crippen LogP contribution in [-0.4, -0.2) is 25.2 Å². The maximum Gasteiger partial charge on any atom is 0.0568 e. The standard InChI is InChI=1S/C15H20BrClN2/c1-15(11-3-4-11)10-19(8-2-7-18-15)12-5-6-13(16)14(17)9-12/h5-6,9,11,18H,2-4,7-8,10H2,1H3. The minimum absolute atomic E-state index is 0.260. The van der Waals surface area contributed by atoms with E-state index >= 15 is 0 Å². The number of hydrogen-bond acceptors (Lipinski definition) is 2. The molecule has 2 fully saturated rings. The highest BCUT2D eigenvalue weighted by atomic mass is 79.9. The third-order valence-corrected chi connectivity index (χ3v) is 5.63. The third-order valence-electron chi connectivity index (χ3n) is 4.40. The SMILES string of the molecule is CC1(C2CC2)CN(c2ccc(Br)c(Cl)c2)CCCN1. The van der Waals surface area contributed by atoms with E-state index in [0.29, 0.717) is 0 Å². The van der Waals surface area contributed by atoms with Crippen molar-refractivity contribution >= 4 is 33.2 Å². The number of halogens is 2. The molecule has 104 valence electrons. The van der Waals surface area contributed by atoms with Crippen molar-refractivity contribution in [3.8, 4) is 0 Å². The van der Waals surface area contributed by atoms with Gasteiger partial charge in [0.1, 0.15) is 0 Å². The Kier molecular flexibility index (Phi) is 3.80. The summed E-state index contributed by atoms with van der Waals surface area (Å²) in [6, 6.07) is 6.28. The van der Waals surface area contributed by atoms with Crippen LogP contribution >= 0.6 is 27.5 Å². The van der Waals surface area contributed by atoms with E-state index < -0.39 is 0 Å². The average Bonchev–Trinajstić information content (AvgIpc) is 3.19. The van der Waals surface area contributed by atoms with Gasteiger partial charge in [-0.3, -0.25) is 0 Å². The van der Waals surface area contributed by atoms with Crippen LogP contribution in [0.25, 0.3) is 0 Å². The Labute approximate surface area is 128 Å². The number of rotatable bonds is 2. The van der Waals surface area contributed by atoms with E-state index in [1.54, 1.807) is 0 Å². The zero-order valence-electron chi connectivity index (χ0n) is 11.3. The molecular weight excluding hydrogens is 324 g/mol. The van der Waals surface area contributed by atoms with Gasteiger partial charge in [-0.05, 0) is 72.8 Å². The molecule has 1 atom stereocenters. The Morgan fingerprint density at radius 1 is 1.42 bits per heavy atom. The first-order chi connectivity index (χ1) is 9.08. The van der Waals surface area contributed by atoms with Crippen LogP contribution in [0, 0.1) is 5.92 Å². The number of benzene rings is 1. The van der Waals surface area contributed by atoms with E-state index in [-0.39, 0.29) is 5.54 Å². The van der Waals surface area contributed by atoms with Crippen molar-refractivity contribution in [3.05, 3.63) is 27.7 Å². The second kappa shape index (κ2) is 5.27. The van der Waals surface area contributed by atoms with Gasteiger partial charge in [-0.1, -0.05) is 11.6 Å². The van der Waals surface area contributed by atoms with Crippen LogP contribution < -0.4 is 10.2 Å². The van der Waals surface area contributed by atoms with Gasteiger partial charge in [0.2, 0.25) is 0 Å². The Balaban J connectivity index is 1.83. The molecule has 3 rings (SSSR count). The Hall–Kier alpha value is -0.250. The minimum atomic E-state index is 0.260. The molecular formula is C15H20BrClN2. The number of anilines is 1. The first-order valence-electron chi connectivity index (χ1n) is 7.03. The summed E-state index contributed by atoms with van der Waals surface area (Å²) in [5.74, 6) is 0.846. The number of hydrogen-bond donors (Lipinski definition) is 1. The lowest BCUT2D eigenvalue weighted by atomic mass is 9.95.